The number of ether oxygens (including phenoxy) is 6. The van der Waals surface area contributed by atoms with E-state index in [0.29, 0.717) is 90.9 Å². The zero-order valence-electron chi connectivity index (χ0n) is 22.9. The van der Waals surface area contributed by atoms with Crippen molar-refractivity contribution in [2.75, 3.05) is 79.3 Å². The van der Waals surface area contributed by atoms with E-state index in [-0.39, 0.29) is 25.4 Å². The van der Waals surface area contributed by atoms with Gasteiger partial charge in [-0.2, -0.15) is 0 Å². The lowest BCUT2D eigenvalue weighted by atomic mass is 10.1. The van der Waals surface area contributed by atoms with Crippen molar-refractivity contribution in [2.24, 2.45) is 0 Å². The van der Waals surface area contributed by atoms with Crippen molar-refractivity contribution in [3.63, 3.8) is 0 Å². The lowest BCUT2D eigenvalue weighted by Crippen LogP contribution is -2.24. The Labute approximate surface area is 233 Å². The fourth-order valence-corrected chi connectivity index (χ4v) is 2.98. The molecule has 222 valence electrons. The van der Waals surface area contributed by atoms with Gasteiger partial charge < -0.3 is 38.8 Å². The highest BCUT2D eigenvalue weighted by Crippen LogP contribution is 2.14. The van der Waals surface area contributed by atoms with E-state index in [2.05, 4.69) is 25.7 Å². The summed E-state index contributed by atoms with van der Waals surface area (Å²) in [5, 5.41) is 27.2. The molecule has 0 bridgehead atoms. The summed E-state index contributed by atoms with van der Waals surface area (Å²) in [7, 11) is 0. The van der Waals surface area contributed by atoms with Gasteiger partial charge in [-0.1, -0.05) is 24.3 Å². The van der Waals surface area contributed by atoms with Gasteiger partial charge in [-0.3, -0.25) is 9.59 Å². The van der Waals surface area contributed by atoms with Gasteiger partial charge in [-0.25, -0.2) is 0 Å². The van der Waals surface area contributed by atoms with E-state index >= 15 is 0 Å². The van der Waals surface area contributed by atoms with Gasteiger partial charge in [0, 0.05) is 18.5 Å². The maximum absolute atomic E-state index is 12.0. The lowest BCUT2D eigenvalue weighted by Gasteiger charge is -2.08. The number of aryl methyl sites for hydroxylation is 1. The molecule has 0 aliphatic carbocycles. The van der Waals surface area contributed by atoms with Crippen molar-refractivity contribution in [1.29, 1.82) is 0 Å². The van der Waals surface area contributed by atoms with Gasteiger partial charge in [-0.15, -0.1) is 20.4 Å². The predicted octanol–water partition coefficient (Wildman–Crippen LogP) is 0.823. The summed E-state index contributed by atoms with van der Waals surface area (Å²) in [5.74, 6) is -0.00566. The summed E-state index contributed by atoms with van der Waals surface area (Å²) in [5.41, 5.74) is 1.76. The van der Waals surface area contributed by atoms with Crippen LogP contribution in [0, 0.1) is 6.92 Å². The van der Waals surface area contributed by atoms with Crippen LogP contribution in [0.1, 0.15) is 24.2 Å². The van der Waals surface area contributed by atoms with Gasteiger partial charge in [0.15, 0.2) is 5.82 Å². The Balaban J connectivity index is 1.32. The number of hydrogen-bond acceptors (Lipinski definition) is 12. The van der Waals surface area contributed by atoms with Gasteiger partial charge in [0.1, 0.15) is 0 Å². The summed E-state index contributed by atoms with van der Waals surface area (Å²) >= 11 is 0. The van der Waals surface area contributed by atoms with Crippen molar-refractivity contribution >= 4 is 11.9 Å². The summed E-state index contributed by atoms with van der Waals surface area (Å²) in [6.45, 7) is 6.87. The van der Waals surface area contributed by atoms with Gasteiger partial charge >= 0.3 is 5.97 Å². The van der Waals surface area contributed by atoms with Crippen LogP contribution in [0.15, 0.2) is 24.3 Å². The zero-order valence-corrected chi connectivity index (χ0v) is 22.9. The Morgan fingerprint density at radius 2 is 1.07 bits per heavy atom. The Kier molecular flexibility index (Phi) is 17.9. The summed E-state index contributed by atoms with van der Waals surface area (Å²) < 4.78 is 32.1. The normalized spacial score (nSPS) is 11.0. The maximum Gasteiger partial charge on any atom is 0.305 e. The van der Waals surface area contributed by atoms with E-state index < -0.39 is 5.97 Å². The molecule has 0 atom stereocenters. The molecule has 0 aliphatic rings. The topological polar surface area (TPSA) is 173 Å². The highest BCUT2D eigenvalue weighted by atomic mass is 16.6. The third-order valence-electron chi connectivity index (χ3n) is 5.07. The minimum Gasteiger partial charge on any atom is -0.481 e. The molecule has 2 aromatic rings. The number of benzene rings is 1. The highest BCUT2D eigenvalue weighted by Gasteiger charge is 2.05. The second-order valence-electron chi connectivity index (χ2n) is 8.31. The molecule has 0 saturated carbocycles. The van der Waals surface area contributed by atoms with Crippen molar-refractivity contribution in [1.82, 2.24) is 25.7 Å². The number of carbonyl (C=O) groups is 2. The van der Waals surface area contributed by atoms with Gasteiger partial charge in [-0.05, 0) is 12.5 Å². The van der Waals surface area contributed by atoms with Gasteiger partial charge in [0.25, 0.3) is 0 Å². The Morgan fingerprint density at radius 3 is 1.52 bits per heavy atom. The van der Waals surface area contributed by atoms with E-state index in [1.807, 2.05) is 24.3 Å². The molecular formula is C26H39N5O9. The molecule has 0 unspecified atom stereocenters. The van der Waals surface area contributed by atoms with Gasteiger partial charge in [0.05, 0.1) is 85.7 Å². The number of aliphatic carboxylic acids is 1. The third-order valence-corrected chi connectivity index (χ3v) is 5.07. The number of nitrogens with one attached hydrogen (secondary N) is 1. The highest BCUT2D eigenvalue weighted by molar-refractivity contribution is 5.76. The standard InChI is InChI=1S/C26H39N5O9/c1-21-28-30-26(31-29-21)23-4-2-22(3-5-23)20-27-24(32)6-8-35-10-12-37-14-16-39-18-19-40-17-15-38-13-11-36-9-7-25(33)34/h2-5H,6-20H2,1H3,(H,27,32)(H,33,34). The minimum atomic E-state index is -0.881. The molecule has 14 heteroatoms. The first kappa shape index (κ1) is 33.1. The van der Waals surface area contributed by atoms with Crippen LogP contribution in [-0.2, 0) is 44.6 Å². The number of hydrogen-bond donors (Lipinski definition) is 2. The molecule has 1 aromatic carbocycles. The molecule has 2 N–H and O–H groups in total. The number of carboxylic acids is 1. The molecule has 0 radical (unpaired) electrons. The second-order valence-corrected chi connectivity index (χ2v) is 8.31. The third kappa shape index (κ3) is 16.7. The van der Waals surface area contributed by atoms with Crippen molar-refractivity contribution in [3.05, 3.63) is 35.7 Å². The average molecular weight is 566 g/mol. The molecular weight excluding hydrogens is 526 g/mol. The van der Waals surface area contributed by atoms with E-state index in [1.165, 1.54) is 0 Å². The first-order valence-corrected chi connectivity index (χ1v) is 13.1. The van der Waals surface area contributed by atoms with Crippen LogP contribution < -0.4 is 5.32 Å². The lowest BCUT2D eigenvalue weighted by molar-refractivity contribution is -0.138. The number of aromatic nitrogens is 4. The molecule has 14 nitrogen and oxygen atoms in total. The molecule has 0 spiro atoms. The molecule has 0 saturated heterocycles. The SMILES string of the molecule is Cc1nnc(-c2ccc(CNC(=O)CCOCCOCCOCCOCCOCCOCCC(=O)O)cc2)nn1. The first-order chi connectivity index (χ1) is 19.5. The van der Waals surface area contributed by atoms with Crippen molar-refractivity contribution < 1.29 is 43.1 Å². The second kappa shape index (κ2) is 21.7. The van der Waals surface area contributed by atoms with Crippen LogP contribution >= 0.6 is 0 Å². The van der Waals surface area contributed by atoms with Gasteiger partial charge in [0.2, 0.25) is 11.7 Å². The number of carboxylic acid groups (broad SMARTS) is 1. The van der Waals surface area contributed by atoms with Crippen LogP contribution in [-0.4, -0.2) is 117 Å². The maximum atomic E-state index is 12.0. The minimum absolute atomic E-state index is 0.00938. The monoisotopic (exact) mass is 565 g/mol. The van der Waals surface area contributed by atoms with Crippen LogP contribution in [0.25, 0.3) is 11.4 Å². The Bertz CT molecular complexity index is 949. The zero-order chi connectivity index (χ0) is 28.7. The largest absolute Gasteiger partial charge is 0.481 e. The first-order valence-electron chi connectivity index (χ1n) is 13.1. The Hall–Kier alpha value is -3.14. The van der Waals surface area contributed by atoms with Crippen LogP contribution in [0.3, 0.4) is 0 Å². The molecule has 1 aromatic heterocycles. The molecule has 0 aliphatic heterocycles. The molecule has 0 fully saturated rings. The van der Waals surface area contributed by atoms with E-state index in [4.69, 9.17) is 33.5 Å². The quantitative estimate of drug-likeness (QED) is 0.171. The fourth-order valence-electron chi connectivity index (χ4n) is 2.98. The molecule has 40 heavy (non-hydrogen) atoms. The summed E-state index contributed by atoms with van der Waals surface area (Å²) in [4.78, 5) is 22.3. The molecule has 1 heterocycles. The predicted molar refractivity (Wildman–Crippen MR) is 141 cm³/mol. The van der Waals surface area contributed by atoms with E-state index in [1.54, 1.807) is 6.92 Å². The van der Waals surface area contributed by atoms with E-state index in [9.17, 15) is 9.59 Å². The van der Waals surface area contributed by atoms with Crippen molar-refractivity contribution in [3.8, 4) is 11.4 Å². The fraction of sp³-hybridized carbons (Fsp3) is 0.615. The Morgan fingerprint density at radius 1 is 0.650 bits per heavy atom. The van der Waals surface area contributed by atoms with Crippen molar-refractivity contribution in [2.45, 2.75) is 26.3 Å². The number of nitrogens with zero attached hydrogens (tertiary/aromatic N) is 4. The molecule has 1 amide bonds. The average Bonchev–Trinajstić information content (AvgIpc) is 2.95. The number of rotatable bonds is 24. The van der Waals surface area contributed by atoms with Crippen LogP contribution in [0.5, 0.6) is 0 Å². The van der Waals surface area contributed by atoms with Crippen LogP contribution in [0.4, 0.5) is 0 Å². The van der Waals surface area contributed by atoms with E-state index in [0.717, 1.165) is 11.1 Å². The number of carbonyl (C=O) groups excluding carboxylic acids is 1. The summed E-state index contributed by atoms with van der Waals surface area (Å²) in [6, 6.07) is 7.52. The van der Waals surface area contributed by atoms with Crippen LogP contribution in [0.2, 0.25) is 0 Å². The smallest absolute Gasteiger partial charge is 0.305 e. The number of amides is 1. The summed E-state index contributed by atoms with van der Waals surface area (Å²) in [6.07, 6.45) is 0.256. The molecule has 2 rings (SSSR count).